The van der Waals surface area contributed by atoms with Crippen molar-refractivity contribution >= 4 is 34.1 Å². The quantitative estimate of drug-likeness (QED) is 0.674. The van der Waals surface area contributed by atoms with E-state index < -0.39 is 0 Å². The second kappa shape index (κ2) is 7.01. The fourth-order valence-electron chi connectivity index (χ4n) is 3.10. The number of hydrogen-bond donors (Lipinski definition) is 3. The third-order valence-electron chi connectivity index (χ3n) is 4.47. The van der Waals surface area contributed by atoms with E-state index in [-0.39, 0.29) is 17.9 Å². The van der Waals surface area contributed by atoms with E-state index in [1.807, 2.05) is 24.3 Å². The van der Waals surface area contributed by atoms with Gasteiger partial charge in [0.05, 0.1) is 5.56 Å². The number of anilines is 2. The number of amides is 2. The molecule has 1 fully saturated rings. The predicted octanol–water partition coefficient (Wildman–Crippen LogP) is 3.54. The average Bonchev–Trinajstić information content (AvgIpc) is 3.33. The van der Waals surface area contributed by atoms with Crippen LogP contribution in [0.15, 0.2) is 54.7 Å². The van der Waals surface area contributed by atoms with Crippen LogP contribution in [0.5, 0.6) is 0 Å². The standard InChI is InChI=1S/C20H19N3O3/c24-19(16-12-21-17-5-2-1-4-15(16)17)22-13-7-9-14(10-8-13)23-20(25)18-6-3-11-26-18/h1-2,4-5,7-10,12,18,21H,3,6,11H2,(H,22,24)(H,23,25)/t18-/m1/s1. The lowest BCUT2D eigenvalue weighted by molar-refractivity contribution is -0.124. The maximum absolute atomic E-state index is 12.5. The van der Waals surface area contributed by atoms with Crippen LogP contribution in [0.1, 0.15) is 23.2 Å². The Labute approximate surface area is 150 Å². The molecule has 0 aliphatic carbocycles. The number of aromatic nitrogens is 1. The summed E-state index contributed by atoms with van der Waals surface area (Å²) in [6.07, 6.45) is 3.01. The van der Waals surface area contributed by atoms with Crippen molar-refractivity contribution < 1.29 is 14.3 Å². The van der Waals surface area contributed by atoms with Crippen LogP contribution in [0.2, 0.25) is 0 Å². The van der Waals surface area contributed by atoms with Gasteiger partial charge in [-0.2, -0.15) is 0 Å². The zero-order chi connectivity index (χ0) is 17.9. The molecule has 1 aliphatic rings. The minimum Gasteiger partial charge on any atom is -0.368 e. The maximum Gasteiger partial charge on any atom is 0.257 e. The summed E-state index contributed by atoms with van der Waals surface area (Å²) in [4.78, 5) is 27.6. The van der Waals surface area contributed by atoms with Gasteiger partial charge in [-0.25, -0.2) is 0 Å². The van der Waals surface area contributed by atoms with Gasteiger partial charge in [0.15, 0.2) is 0 Å². The molecule has 0 saturated carbocycles. The first kappa shape index (κ1) is 16.4. The molecule has 1 aromatic heterocycles. The van der Waals surface area contributed by atoms with Crippen LogP contribution < -0.4 is 10.6 Å². The molecule has 1 atom stereocenters. The number of nitrogens with one attached hydrogen (secondary N) is 3. The van der Waals surface area contributed by atoms with E-state index in [2.05, 4.69) is 15.6 Å². The fourth-order valence-corrected chi connectivity index (χ4v) is 3.10. The van der Waals surface area contributed by atoms with Crippen molar-refractivity contribution in [2.24, 2.45) is 0 Å². The van der Waals surface area contributed by atoms with Gasteiger partial charge in [0.2, 0.25) is 0 Å². The summed E-state index contributed by atoms with van der Waals surface area (Å²) in [5.41, 5.74) is 2.85. The Morgan fingerprint density at radius 2 is 1.73 bits per heavy atom. The minimum absolute atomic E-state index is 0.127. The van der Waals surface area contributed by atoms with E-state index in [9.17, 15) is 9.59 Å². The van der Waals surface area contributed by atoms with Crippen molar-refractivity contribution in [1.82, 2.24) is 4.98 Å². The molecular formula is C20H19N3O3. The minimum atomic E-state index is -0.365. The molecule has 0 radical (unpaired) electrons. The van der Waals surface area contributed by atoms with E-state index in [0.29, 0.717) is 23.5 Å². The Kier molecular flexibility index (Phi) is 4.41. The van der Waals surface area contributed by atoms with Crippen LogP contribution in [0.25, 0.3) is 10.9 Å². The molecule has 6 heteroatoms. The molecule has 0 unspecified atom stereocenters. The smallest absolute Gasteiger partial charge is 0.257 e. The number of hydrogen-bond acceptors (Lipinski definition) is 3. The highest BCUT2D eigenvalue weighted by Crippen LogP contribution is 2.21. The summed E-state index contributed by atoms with van der Waals surface area (Å²) in [6, 6.07) is 14.7. The molecular weight excluding hydrogens is 330 g/mol. The summed E-state index contributed by atoms with van der Waals surface area (Å²) in [6.45, 7) is 0.636. The third kappa shape index (κ3) is 3.32. The van der Waals surface area contributed by atoms with Crippen LogP contribution in [0.4, 0.5) is 11.4 Å². The lowest BCUT2D eigenvalue weighted by Gasteiger charge is -2.11. The van der Waals surface area contributed by atoms with Crippen molar-refractivity contribution in [2.45, 2.75) is 18.9 Å². The highest BCUT2D eigenvalue weighted by molar-refractivity contribution is 6.12. The van der Waals surface area contributed by atoms with Crippen LogP contribution in [-0.2, 0) is 9.53 Å². The van der Waals surface area contributed by atoms with Crippen molar-refractivity contribution in [2.75, 3.05) is 17.2 Å². The second-order valence-corrected chi connectivity index (χ2v) is 6.27. The summed E-state index contributed by atoms with van der Waals surface area (Å²) in [5, 5.41) is 6.59. The first-order chi connectivity index (χ1) is 12.7. The van der Waals surface area contributed by atoms with E-state index in [1.54, 1.807) is 30.5 Å². The van der Waals surface area contributed by atoms with Gasteiger partial charge in [0, 0.05) is 35.1 Å². The SMILES string of the molecule is O=C(Nc1ccc(NC(=O)[C@H]2CCCO2)cc1)c1c[nH]c2ccccc12. The predicted molar refractivity (Wildman–Crippen MR) is 100 cm³/mol. The molecule has 0 spiro atoms. The van der Waals surface area contributed by atoms with Crippen LogP contribution >= 0.6 is 0 Å². The van der Waals surface area contributed by atoms with Crippen LogP contribution in [0.3, 0.4) is 0 Å². The molecule has 3 aromatic rings. The molecule has 2 aromatic carbocycles. The van der Waals surface area contributed by atoms with Gasteiger partial charge in [0.25, 0.3) is 11.8 Å². The first-order valence-corrected chi connectivity index (χ1v) is 8.61. The number of aromatic amines is 1. The number of fused-ring (bicyclic) bond motifs is 1. The molecule has 1 saturated heterocycles. The Bertz CT molecular complexity index is 940. The molecule has 26 heavy (non-hydrogen) atoms. The maximum atomic E-state index is 12.5. The number of benzene rings is 2. The lowest BCUT2D eigenvalue weighted by Crippen LogP contribution is -2.26. The molecule has 0 bridgehead atoms. The fraction of sp³-hybridized carbons (Fsp3) is 0.200. The van der Waals surface area contributed by atoms with Gasteiger partial charge >= 0.3 is 0 Å². The molecule has 2 heterocycles. The summed E-state index contributed by atoms with van der Waals surface area (Å²) >= 11 is 0. The average molecular weight is 349 g/mol. The summed E-state index contributed by atoms with van der Waals surface area (Å²) in [5.74, 6) is -0.309. The highest BCUT2D eigenvalue weighted by atomic mass is 16.5. The second-order valence-electron chi connectivity index (χ2n) is 6.27. The Morgan fingerprint density at radius 3 is 2.46 bits per heavy atom. The van der Waals surface area contributed by atoms with Crippen molar-refractivity contribution in [3.8, 4) is 0 Å². The number of ether oxygens (including phenoxy) is 1. The Balaban J connectivity index is 1.42. The van der Waals surface area contributed by atoms with Gasteiger partial charge in [-0.15, -0.1) is 0 Å². The van der Waals surface area contributed by atoms with Crippen molar-refractivity contribution in [3.63, 3.8) is 0 Å². The van der Waals surface area contributed by atoms with Gasteiger partial charge in [-0.05, 0) is 43.2 Å². The first-order valence-electron chi connectivity index (χ1n) is 8.61. The van der Waals surface area contributed by atoms with E-state index in [0.717, 1.165) is 23.7 Å². The zero-order valence-corrected chi connectivity index (χ0v) is 14.1. The van der Waals surface area contributed by atoms with E-state index >= 15 is 0 Å². The molecule has 4 rings (SSSR count). The number of rotatable bonds is 4. The molecule has 132 valence electrons. The van der Waals surface area contributed by atoms with Gasteiger partial charge in [-0.3, -0.25) is 9.59 Å². The monoisotopic (exact) mass is 349 g/mol. The van der Waals surface area contributed by atoms with Gasteiger partial charge in [0.1, 0.15) is 6.10 Å². The number of carbonyl (C=O) groups is 2. The number of carbonyl (C=O) groups excluding carboxylic acids is 2. The number of para-hydroxylation sites is 1. The van der Waals surface area contributed by atoms with Crippen molar-refractivity contribution in [1.29, 1.82) is 0 Å². The largest absolute Gasteiger partial charge is 0.368 e. The summed E-state index contributed by atoms with van der Waals surface area (Å²) in [7, 11) is 0. The molecule has 2 amide bonds. The Hall–Kier alpha value is -3.12. The summed E-state index contributed by atoms with van der Waals surface area (Å²) < 4.78 is 5.37. The highest BCUT2D eigenvalue weighted by Gasteiger charge is 2.23. The normalized spacial score (nSPS) is 16.5. The van der Waals surface area contributed by atoms with E-state index in [1.165, 1.54) is 0 Å². The Morgan fingerprint density at radius 1 is 1.00 bits per heavy atom. The molecule has 3 N–H and O–H groups in total. The zero-order valence-electron chi connectivity index (χ0n) is 14.1. The van der Waals surface area contributed by atoms with Crippen LogP contribution in [0, 0.1) is 0 Å². The molecule has 1 aliphatic heterocycles. The third-order valence-corrected chi connectivity index (χ3v) is 4.47. The van der Waals surface area contributed by atoms with E-state index in [4.69, 9.17) is 4.74 Å². The molecule has 6 nitrogen and oxygen atoms in total. The topological polar surface area (TPSA) is 83.2 Å². The van der Waals surface area contributed by atoms with Crippen LogP contribution in [-0.4, -0.2) is 29.5 Å². The van der Waals surface area contributed by atoms with Crippen molar-refractivity contribution in [3.05, 3.63) is 60.3 Å². The lowest BCUT2D eigenvalue weighted by atomic mass is 10.1. The number of H-pyrrole nitrogens is 1. The van der Waals surface area contributed by atoms with Gasteiger partial charge in [-0.1, -0.05) is 18.2 Å². The van der Waals surface area contributed by atoms with Gasteiger partial charge < -0.3 is 20.4 Å².